The number of hydrogen-bond donors (Lipinski definition) is 2. The number of aliphatic hydroxyl groups excluding tert-OH is 1. The third-order valence-electron chi connectivity index (χ3n) is 5.57. The first-order valence-electron chi connectivity index (χ1n) is 10.3. The molecule has 0 spiro atoms. The number of carbonyl (C=O) groups is 1. The second-order valence-electron chi connectivity index (χ2n) is 7.58. The zero-order valence-corrected chi connectivity index (χ0v) is 19.3. The number of methoxy groups -OCH3 is 2. The molecule has 0 saturated heterocycles. The van der Waals surface area contributed by atoms with E-state index in [0.29, 0.717) is 34.4 Å². The van der Waals surface area contributed by atoms with Crippen molar-refractivity contribution in [3.05, 3.63) is 82.6 Å². The molecule has 0 radical (unpaired) electrons. The highest BCUT2D eigenvalue weighted by molar-refractivity contribution is 6.30. The average Bonchev–Trinajstić information content (AvgIpc) is 3.10. The standard InChI is InChI=1S/C25H24ClN3O4/c1-15-23(24(30)25(31)28-18-8-11-22(33-3)27-13-18)20-12-19(32-2)9-10-21(20)29(15)14-16-4-6-17(26)7-5-16/h4-13,24,30H,14H2,1-3H3,(H,28,31). The van der Waals surface area contributed by atoms with Crippen LogP contribution in [0.3, 0.4) is 0 Å². The van der Waals surface area contributed by atoms with Gasteiger partial charge in [0, 0.05) is 39.8 Å². The van der Waals surface area contributed by atoms with Gasteiger partial charge in [0.25, 0.3) is 5.91 Å². The van der Waals surface area contributed by atoms with Gasteiger partial charge < -0.3 is 24.5 Å². The van der Waals surface area contributed by atoms with E-state index in [1.165, 1.54) is 13.3 Å². The lowest BCUT2D eigenvalue weighted by molar-refractivity contribution is -0.124. The lowest BCUT2D eigenvalue weighted by Crippen LogP contribution is -2.21. The van der Waals surface area contributed by atoms with Crippen LogP contribution in [0.4, 0.5) is 5.69 Å². The van der Waals surface area contributed by atoms with Gasteiger partial charge in [-0.2, -0.15) is 0 Å². The number of carbonyl (C=O) groups excluding carboxylic acids is 1. The summed E-state index contributed by atoms with van der Waals surface area (Å²) >= 11 is 6.03. The molecule has 0 fully saturated rings. The summed E-state index contributed by atoms with van der Waals surface area (Å²) in [6, 6.07) is 16.5. The van der Waals surface area contributed by atoms with Crippen molar-refractivity contribution in [3.63, 3.8) is 0 Å². The number of rotatable bonds is 7. The lowest BCUT2D eigenvalue weighted by atomic mass is 10.0. The second-order valence-corrected chi connectivity index (χ2v) is 8.01. The predicted octanol–water partition coefficient (Wildman–Crippen LogP) is 4.74. The molecule has 2 aromatic carbocycles. The quantitative estimate of drug-likeness (QED) is 0.412. The molecule has 8 heteroatoms. The zero-order valence-electron chi connectivity index (χ0n) is 18.5. The lowest BCUT2D eigenvalue weighted by Gasteiger charge is -2.13. The molecule has 2 heterocycles. The number of benzene rings is 2. The van der Waals surface area contributed by atoms with Crippen LogP contribution in [0.25, 0.3) is 10.9 Å². The van der Waals surface area contributed by atoms with Crippen molar-refractivity contribution in [3.8, 4) is 11.6 Å². The summed E-state index contributed by atoms with van der Waals surface area (Å²) in [4.78, 5) is 17.0. The first-order chi connectivity index (χ1) is 15.9. The van der Waals surface area contributed by atoms with Gasteiger partial charge in [-0.05, 0) is 48.9 Å². The highest BCUT2D eigenvalue weighted by Crippen LogP contribution is 2.34. The van der Waals surface area contributed by atoms with Gasteiger partial charge in [0.1, 0.15) is 5.75 Å². The Morgan fingerprint density at radius 1 is 1.12 bits per heavy atom. The number of amides is 1. The summed E-state index contributed by atoms with van der Waals surface area (Å²) in [5, 5.41) is 15.2. The van der Waals surface area contributed by atoms with Crippen molar-refractivity contribution in [1.29, 1.82) is 0 Å². The van der Waals surface area contributed by atoms with Crippen LogP contribution in [-0.2, 0) is 11.3 Å². The topological polar surface area (TPSA) is 85.6 Å². The molecule has 2 aromatic heterocycles. The van der Waals surface area contributed by atoms with Crippen molar-refractivity contribution in [2.75, 3.05) is 19.5 Å². The molecule has 2 N–H and O–H groups in total. The minimum atomic E-state index is -1.40. The number of fused-ring (bicyclic) bond motifs is 1. The molecular weight excluding hydrogens is 442 g/mol. The maximum atomic E-state index is 12.9. The number of nitrogens with one attached hydrogen (secondary N) is 1. The Balaban J connectivity index is 1.72. The molecule has 0 aliphatic carbocycles. The summed E-state index contributed by atoms with van der Waals surface area (Å²) in [6.07, 6.45) is 0.0801. The molecule has 4 rings (SSSR count). The number of halogens is 1. The highest BCUT2D eigenvalue weighted by atomic mass is 35.5. The van der Waals surface area contributed by atoms with E-state index >= 15 is 0 Å². The monoisotopic (exact) mass is 465 g/mol. The van der Waals surface area contributed by atoms with E-state index in [9.17, 15) is 9.90 Å². The van der Waals surface area contributed by atoms with Crippen molar-refractivity contribution >= 4 is 34.1 Å². The molecular formula is C25H24ClN3O4. The SMILES string of the molecule is COc1ccc2c(c1)c(C(O)C(=O)Nc1ccc(OC)nc1)c(C)n2Cc1ccc(Cl)cc1. The molecule has 1 unspecified atom stereocenters. The van der Waals surface area contributed by atoms with Crippen LogP contribution in [0.15, 0.2) is 60.8 Å². The first kappa shape index (κ1) is 22.6. The largest absolute Gasteiger partial charge is 0.497 e. The van der Waals surface area contributed by atoms with Gasteiger partial charge in [0.2, 0.25) is 5.88 Å². The molecule has 7 nitrogen and oxygen atoms in total. The number of hydrogen-bond acceptors (Lipinski definition) is 5. The van der Waals surface area contributed by atoms with E-state index in [1.54, 1.807) is 19.2 Å². The number of anilines is 1. The highest BCUT2D eigenvalue weighted by Gasteiger charge is 2.26. The normalized spacial score (nSPS) is 11.9. The molecule has 0 aliphatic rings. The molecule has 33 heavy (non-hydrogen) atoms. The Hall–Kier alpha value is -3.55. The Morgan fingerprint density at radius 3 is 2.52 bits per heavy atom. The molecule has 0 bridgehead atoms. The summed E-state index contributed by atoms with van der Waals surface area (Å²) < 4.78 is 12.5. The number of nitrogens with zero attached hydrogens (tertiary/aromatic N) is 2. The van der Waals surface area contributed by atoms with Gasteiger partial charge in [0.05, 0.1) is 26.1 Å². The molecule has 1 amide bonds. The molecule has 0 aliphatic heterocycles. The minimum Gasteiger partial charge on any atom is -0.497 e. The van der Waals surface area contributed by atoms with Crippen LogP contribution in [-0.4, -0.2) is 34.8 Å². The van der Waals surface area contributed by atoms with Gasteiger partial charge in [-0.15, -0.1) is 0 Å². The van der Waals surface area contributed by atoms with E-state index in [2.05, 4.69) is 14.9 Å². The minimum absolute atomic E-state index is 0.432. The number of aliphatic hydroxyl groups is 1. The van der Waals surface area contributed by atoms with Crippen LogP contribution in [0.5, 0.6) is 11.6 Å². The van der Waals surface area contributed by atoms with Crippen LogP contribution in [0.1, 0.15) is 22.9 Å². The zero-order chi connectivity index (χ0) is 23.5. The Bertz CT molecular complexity index is 1280. The van der Waals surface area contributed by atoms with E-state index in [1.807, 2.05) is 49.4 Å². The van der Waals surface area contributed by atoms with Crippen LogP contribution >= 0.6 is 11.6 Å². The van der Waals surface area contributed by atoms with Crippen molar-refractivity contribution in [1.82, 2.24) is 9.55 Å². The Labute approximate surface area is 196 Å². The molecule has 0 saturated carbocycles. The number of pyridine rings is 1. The van der Waals surface area contributed by atoms with Crippen LogP contribution in [0, 0.1) is 6.92 Å². The molecule has 4 aromatic rings. The van der Waals surface area contributed by atoms with E-state index in [-0.39, 0.29) is 0 Å². The second kappa shape index (κ2) is 9.52. The molecule has 1 atom stereocenters. The summed E-state index contributed by atoms with van der Waals surface area (Å²) in [6.45, 7) is 2.45. The van der Waals surface area contributed by atoms with Crippen molar-refractivity contribution in [2.24, 2.45) is 0 Å². The summed E-state index contributed by atoms with van der Waals surface area (Å²) in [5.74, 6) is 0.513. The summed E-state index contributed by atoms with van der Waals surface area (Å²) in [5.41, 5.74) is 3.70. The third-order valence-corrected chi connectivity index (χ3v) is 5.82. The van der Waals surface area contributed by atoms with E-state index in [4.69, 9.17) is 21.1 Å². The average molecular weight is 466 g/mol. The van der Waals surface area contributed by atoms with Gasteiger partial charge in [-0.25, -0.2) is 4.98 Å². The van der Waals surface area contributed by atoms with Gasteiger partial charge in [0.15, 0.2) is 6.10 Å². The van der Waals surface area contributed by atoms with E-state index < -0.39 is 12.0 Å². The predicted molar refractivity (Wildman–Crippen MR) is 128 cm³/mol. The fourth-order valence-corrected chi connectivity index (χ4v) is 3.98. The summed E-state index contributed by atoms with van der Waals surface area (Å²) in [7, 11) is 3.10. The Kier molecular flexibility index (Phi) is 6.53. The van der Waals surface area contributed by atoms with Crippen LogP contribution in [0.2, 0.25) is 5.02 Å². The third kappa shape index (κ3) is 4.65. The number of ether oxygens (including phenoxy) is 2. The van der Waals surface area contributed by atoms with Crippen LogP contribution < -0.4 is 14.8 Å². The van der Waals surface area contributed by atoms with Crippen molar-refractivity contribution in [2.45, 2.75) is 19.6 Å². The van der Waals surface area contributed by atoms with Gasteiger partial charge in [-0.3, -0.25) is 4.79 Å². The van der Waals surface area contributed by atoms with Gasteiger partial charge >= 0.3 is 0 Å². The van der Waals surface area contributed by atoms with E-state index in [0.717, 1.165) is 22.2 Å². The maximum Gasteiger partial charge on any atom is 0.257 e. The van der Waals surface area contributed by atoms with Crippen molar-refractivity contribution < 1.29 is 19.4 Å². The number of aromatic nitrogens is 2. The van der Waals surface area contributed by atoms with Gasteiger partial charge in [-0.1, -0.05) is 23.7 Å². The smallest absolute Gasteiger partial charge is 0.257 e. The Morgan fingerprint density at radius 2 is 1.88 bits per heavy atom. The first-order valence-corrected chi connectivity index (χ1v) is 10.7. The maximum absolute atomic E-state index is 12.9. The molecule has 170 valence electrons. The fraction of sp³-hybridized carbons (Fsp3) is 0.200. The fourth-order valence-electron chi connectivity index (χ4n) is 3.85.